The molecule has 146 valence electrons. The molecule has 0 radical (unpaired) electrons. The van der Waals surface area contributed by atoms with Crippen molar-refractivity contribution in [3.05, 3.63) is 95.8 Å². The first kappa shape index (κ1) is 19.8. The minimum atomic E-state index is -1.18. The van der Waals surface area contributed by atoms with Gasteiger partial charge in [-0.3, -0.25) is 9.59 Å². The number of carboxylic acid groups (broad SMARTS) is 1. The number of aromatic carboxylic acids is 1. The van der Waals surface area contributed by atoms with Crippen LogP contribution in [-0.2, 0) is 11.2 Å². The number of nitrogens with zero attached hydrogens (tertiary/aromatic N) is 1. The first-order valence-corrected chi connectivity index (χ1v) is 8.93. The van der Waals surface area contributed by atoms with Gasteiger partial charge in [0.15, 0.2) is 0 Å². The second-order valence-corrected chi connectivity index (χ2v) is 6.31. The quantitative estimate of drug-likeness (QED) is 0.576. The van der Waals surface area contributed by atoms with Crippen LogP contribution in [0.1, 0.15) is 26.4 Å². The topological polar surface area (TPSA) is 108 Å². The van der Waals surface area contributed by atoms with Crippen LogP contribution in [0.15, 0.2) is 79.0 Å². The van der Waals surface area contributed by atoms with E-state index in [0.717, 1.165) is 5.56 Å². The number of hydrogen-bond acceptors (Lipinski definition) is 4. The Morgan fingerprint density at radius 2 is 1.55 bits per heavy atom. The van der Waals surface area contributed by atoms with Crippen molar-refractivity contribution in [3.63, 3.8) is 0 Å². The van der Waals surface area contributed by atoms with Crippen molar-refractivity contribution in [2.75, 3.05) is 5.32 Å². The lowest BCUT2D eigenvalue weighted by Gasteiger charge is -2.19. The van der Waals surface area contributed by atoms with Gasteiger partial charge in [-0.1, -0.05) is 48.5 Å². The van der Waals surface area contributed by atoms with Gasteiger partial charge in [0.05, 0.1) is 5.56 Å². The number of hydrogen-bond donors (Lipinski definition) is 3. The molecule has 29 heavy (non-hydrogen) atoms. The number of carboxylic acids is 1. The summed E-state index contributed by atoms with van der Waals surface area (Å²) in [6.07, 6.45) is 1.47. The minimum absolute atomic E-state index is 0.163. The number of aromatic nitrogens is 1. The van der Waals surface area contributed by atoms with Crippen LogP contribution < -0.4 is 10.6 Å². The number of carbonyl (C=O) groups is 3. The first-order valence-electron chi connectivity index (χ1n) is 8.93. The molecule has 0 bridgehead atoms. The highest BCUT2D eigenvalue weighted by molar-refractivity contribution is 6.01. The van der Waals surface area contributed by atoms with Gasteiger partial charge in [-0.2, -0.15) is 0 Å². The molecule has 0 fully saturated rings. The van der Waals surface area contributed by atoms with Crippen molar-refractivity contribution in [2.45, 2.75) is 12.5 Å². The van der Waals surface area contributed by atoms with Gasteiger partial charge < -0.3 is 15.7 Å². The van der Waals surface area contributed by atoms with Crippen LogP contribution in [-0.4, -0.2) is 33.9 Å². The van der Waals surface area contributed by atoms with Crippen LogP contribution in [0.3, 0.4) is 0 Å². The van der Waals surface area contributed by atoms with Gasteiger partial charge in [-0.05, 0) is 29.8 Å². The third-order valence-electron chi connectivity index (χ3n) is 4.19. The fraction of sp³-hybridized carbons (Fsp3) is 0.0909. The Morgan fingerprint density at radius 1 is 0.897 bits per heavy atom. The van der Waals surface area contributed by atoms with Crippen LogP contribution in [0.2, 0.25) is 0 Å². The molecule has 7 heteroatoms. The van der Waals surface area contributed by atoms with Crippen LogP contribution >= 0.6 is 0 Å². The summed E-state index contributed by atoms with van der Waals surface area (Å²) in [5.41, 5.74) is 1.52. The Balaban J connectivity index is 1.77. The van der Waals surface area contributed by atoms with Crippen LogP contribution in [0, 0.1) is 0 Å². The SMILES string of the molecule is O=C(NC(Cc1ccccc1)C(=O)Nc1ccccc1)c1ccc(C(=O)O)nc1. The summed E-state index contributed by atoms with van der Waals surface area (Å²) in [4.78, 5) is 40.1. The van der Waals surface area contributed by atoms with Gasteiger partial charge in [0.1, 0.15) is 11.7 Å². The Hall–Kier alpha value is -4.00. The molecule has 0 aliphatic heterocycles. The van der Waals surface area contributed by atoms with E-state index in [9.17, 15) is 14.4 Å². The Bertz CT molecular complexity index is 990. The molecule has 2 amide bonds. The third kappa shape index (κ3) is 5.49. The van der Waals surface area contributed by atoms with Gasteiger partial charge in [0.25, 0.3) is 5.91 Å². The number of para-hydroxylation sites is 1. The average molecular weight is 389 g/mol. The molecule has 1 unspecified atom stereocenters. The van der Waals surface area contributed by atoms with Gasteiger partial charge in [-0.15, -0.1) is 0 Å². The van der Waals surface area contributed by atoms with Crippen LogP contribution in [0.5, 0.6) is 0 Å². The second kappa shape index (κ2) is 9.27. The van der Waals surface area contributed by atoms with E-state index in [-0.39, 0.29) is 17.2 Å². The van der Waals surface area contributed by atoms with Crippen molar-refractivity contribution >= 4 is 23.5 Å². The summed E-state index contributed by atoms with van der Waals surface area (Å²) in [5.74, 6) is -2.05. The summed E-state index contributed by atoms with van der Waals surface area (Å²) >= 11 is 0. The van der Waals surface area contributed by atoms with E-state index >= 15 is 0 Å². The van der Waals surface area contributed by atoms with E-state index in [1.54, 1.807) is 24.3 Å². The summed E-state index contributed by atoms with van der Waals surface area (Å²) in [5, 5.41) is 14.4. The average Bonchev–Trinajstić information content (AvgIpc) is 2.74. The Labute approximate surface area is 167 Å². The zero-order chi connectivity index (χ0) is 20.6. The molecule has 2 aromatic carbocycles. The fourth-order valence-electron chi connectivity index (χ4n) is 2.71. The Kier molecular flexibility index (Phi) is 6.32. The molecule has 7 nitrogen and oxygen atoms in total. The number of benzene rings is 2. The molecule has 3 N–H and O–H groups in total. The molecule has 0 spiro atoms. The van der Waals surface area contributed by atoms with Gasteiger partial charge in [0, 0.05) is 18.3 Å². The molecule has 0 saturated heterocycles. The molecule has 3 rings (SSSR count). The number of carbonyl (C=O) groups excluding carboxylic acids is 2. The molecule has 0 aliphatic rings. The van der Waals surface area contributed by atoms with E-state index in [4.69, 9.17) is 5.11 Å². The number of anilines is 1. The highest BCUT2D eigenvalue weighted by atomic mass is 16.4. The van der Waals surface area contributed by atoms with E-state index < -0.39 is 17.9 Å². The molecule has 1 heterocycles. The third-order valence-corrected chi connectivity index (χ3v) is 4.19. The number of amides is 2. The monoisotopic (exact) mass is 389 g/mol. The molecular weight excluding hydrogens is 370 g/mol. The van der Waals surface area contributed by atoms with Gasteiger partial charge in [0.2, 0.25) is 5.91 Å². The lowest BCUT2D eigenvalue weighted by molar-refractivity contribution is -0.118. The first-order chi connectivity index (χ1) is 14.0. The van der Waals surface area contributed by atoms with Crippen molar-refractivity contribution in [2.24, 2.45) is 0 Å². The van der Waals surface area contributed by atoms with E-state index in [1.165, 1.54) is 18.3 Å². The van der Waals surface area contributed by atoms with Crippen molar-refractivity contribution in [3.8, 4) is 0 Å². The van der Waals surface area contributed by atoms with Crippen LogP contribution in [0.4, 0.5) is 5.69 Å². The van der Waals surface area contributed by atoms with Crippen LogP contribution in [0.25, 0.3) is 0 Å². The zero-order valence-electron chi connectivity index (χ0n) is 15.4. The fourth-order valence-corrected chi connectivity index (χ4v) is 2.71. The predicted molar refractivity (Wildman–Crippen MR) is 108 cm³/mol. The molecule has 1 aromatic heterocycles. The van der Waals surface area contributed by atoms with E-state index in [1.807, 2.05) is 36.4 Å². The highest BCUT2D eigenvalue weighted by Gasteiger charge is 2.22. The maximum atomic E-state index is 12.8. The van der Waals surface area contributed by atoms with E-state index in [2.05, 4.69) is 15.6 Å². The maximum Gasteiger partial charge on any atom is 0.354 e. The lowest BCUT2D eigenvalue weighted by atomic mass is 10.0. The number of pyridine rings is 1. The normalized spacial score (nSPS) is 11.3. The standard InChI is InChI=1S/C22H19N3O4/c26-20(16-11-12-18(22(28)29)23-14-16)25-19(13-15-7-3-1-4-8-15)21(27)24-17-9-5-2-6-10-17/h1-12,14,19H,13H2,(H,24,27)(H,25,26)(H,28,29). The molecular formula is C22H19N3O4. The lowest BCUT2D eigenvalue weighted by Crippen LogP contribution is -2.45. The molecule has 0 aliphatic carbocycles. The predicted octanol–water partition coefficient (Wildman–Crippen LogP) is 2.76. The summed E-state index contributed by atoms with van der Waals surface area (Å²) in [6, 6.07) is 20.1. The van der Waals surface area contributed by atoms with Crippen molar-refractivity contribution in [1.29, 1.82) is 0 Å². The number of nitrogens with one attached hydrogen (secondary N) is 2. The van der Waals surface area contributed by atoms with Crippen molar-refractivity contribution in [1.82, 2.24) is 10.3 Å². The Morgan fingerprint density at radius 3 is 2.14 bits per heavy atom. The summed E-state index contributed by atoms with van der Waals surface area (Å²) in [6.45, 7) is 0. The highest BCUT2D eigenvalue weighted by Crippen LogP contribution is 2.10. The van der Waals surface area contributed by atoms with Gasteiger partial charge in [-0.25, -0.2) is 9.78 Å². The summed E-state index contributed by atoms with van der Waals surface area (Å²) in [7, 11) is 0. The maximum absolute atomic E-state index is 12.8. The summed E-state index contributed by atoms with van der Waals surface area (Å²) < 4.78 is 0. The second-order valence-electron chi connectivity index (χ2n) is 6.31. The largest absolute Gasteiger partial charge is 0.477 e. The van der Waals surface area contributed by atoms with Crippen molar-refractivity contribution < 1.29 is 19.5 Å². The molecule has 0 saturated carbocycles. The zero-order valence-corrected chi connectivity index (χ0v) is 15.4. The molecule has 3 aromatic rings. The molecule has 1 atom stereocenters. The van der Waals surface area contributed by atoms with Gasteiger partial charge >= 0.3 is 5.97 Å². The number of rotatable bonds is 7. The minimum Gasteiger partial charge on any atom is -0.477 e. The van der Waals surface area contributed by atoms with E-state index in [0.29, 0.717) is 12.1 Å². The smallest absolute Gasteiger partial charge is 0.354 e.